The maximum absolute atomic E-state index is 5.91. The Morgan fingerprint density at radius 3 is 1.63 bits per heavy atom. The molecule has 14 heteroatoms. The Morgan fingerprint density at radius 1 is 0.673 bits per heavy atom. The summed E-state index contributed by atoms with van der Waals surface area (Å²) in [6.07, 6.45) is 10.8. The number of ether oxygens (including phenoxy) is 2. The number of nitrogen functional groups attached to an aromatic ring is 2. The fourth-order valence-corrected chi connectivity index (χ4v) is 5.08. The third kappa shape index (κ3) is 9.29. The fourth-order valence-electron chi connectivity index (χ4n) is 4.93. The number of halogens is 1. The number of anilines is 2. The Hall–Kier alpha value is -5.37. The van der Waals surface area contributed by atoms with Crippen LogP contribution in [-0.2, 0) is 23.4 Å². The standard InChI is InChI=1S/C16H16N4O.C12H11ClN2O.C10H17BN2O2/c1-11-15(21-14-5-3-13(17)4-6-14)7-8-18-16(11)12-9-19-20(2)10-12;1-8-11(6-7-15-12(8)13)16-10-4-2-9(14)3-5-10;1-9(2)10(3,4)15-11(14-9)8-6-12-13(5)7-8/h3-10H,17H2,1-2H3;2-7H,14H2,1H3;6-7H,1-5H3. The van der Waals surface area contributed by atoms with Crippen molar-refractivity contribution < 1.29 is 18.8 Å². The van der Waals surface area contributed by atoms with Crippen LogP contribution in [-0.4, -0.2) is 47.8 Å². The average Bonchev–Trinajstić information content (AvgIpc) is 3.79. The van der Waals surface area contributed by atoms with E-state index in [4.69, 9.17) is 41.9 Å². The maximum atomic E-state index is 5.91. The lowest BCUT2D eigenvalue weighted by atomic mass is 9.82. The van der Waals surface area contributed by atoms with Crippen molar-refractivity contribution >= 4 is 35.6 Å². The van der Waals surface area contributed by atoms with E-state index in [1.54, 1.807) is 52.4 Å². The zero-order chi connectivity index (χ0) is 37.6. The molecule has 270 valence electrons. The van der Waals surface area contributed by atoms with Gasteiger partial charge >= 0.3 is 7.12 Å². The van der Waals surface area contributed by atoms with Gasteiger partial charge in [-0.05, 0) is 102 Å². The van der Waals surface area contributed by atoms with Gasteiger partial charge in [0.05, 0.1) is 23.1 Å². The van der Waals surface area contributed by atoms with Gasteiger partial charge in [0.1, 0.15) is 28.2 Å². The number of nitrogens with zero attached hydrogens (tertiary/aromatic N) is 6. The molecular weight excluding hydrogens is 679 g/mol. The fraction of sp³-hybridized carbons (Fsp3) is 0.263. The highest BCUT2D eigenvalue weighted by molar-refractivity contribution is 6.62. The van der Waals surface area contributed by atoms with Crippen LogP contribution >= 0.6 is 11.6 Å². The van der Waals surface area contributed by atoms with Gasteiger partial charge in [0.25, 0.3) is 0 Å². The Labute approximate surface area is 309 Å². The van der Waals surface area contributed by atoms with Crippen LogP contribution in [0.3, 0.4) is 0 Å². The molecule has 12 nitrogen and oxygen atoms in total. The lowest BCUT2D eigenvalue weighted by molar-refractivity contribution is 0.00578. The van der Waals surface area contributed by atoms with Gasteiger partial charge in [0, 0.05) is 78.6 Å². The molecule has 4 aromatic heterocycles. The SMILES string of the molecule is Cc1c(Oc2ccc(N)cc2)ccnc1-c1cnn(C)c1.Cc1c(Oc2ccc(N)cc2)ccnc1Cl.Cn1cc(B2OC(C)(C)C(C)(C)O2)cn1. The van der Waals surface area contributed by atoms with Gasteiger partial charge < -0.3 is 30.2 Å². The largest absolute Gasteiger partial charge is 0.498 e. The topological polar surface area (TPSA) is 150 Å². The van der Waals surface area contributed by atoms with Crippen molar-refractivity contribution in [1.29, 1.82) is 0 Å². The molecule has 0 bridgehead atoms. The van der Waals surface area contributed by atoms with Crippen LogP contribution in [0.15, 0.2) is 97.8 Å². The van der Waals surface area contributed by atoms with Crippen LogP contribution in [0.25, 0.3) is 11.3 Å². The first-order valence-corrected chi connectivity index (χ1v) is 17.0. The number of aromatic nitrogens is 6. The third-order valence-electron chi connectivity index (χ3n) is 8.69. The molecule has 1 fully saturated rings. The second-order valence-corrected chi connectivity index (χ2v) is 13.6. The van der Waals surface area contributed by atoms with E-state index in [0.29, 0.717) is 22.3 Å². The van der Waals surface area contributed by atoms with E-state index in [2.05, 4.69) is 20.2 Å². The van der Waals surface area contributed by atoms with E-state index in [1.807, 2.05) is 110 Å². The smallest absolute Gasteiger partial charge is 0.457 e. The summed E-state index contributed by atoms with van der Waals surface area (Å²) >= 11 is 5.89. The summed E-state index contributed by atoms with van der Waals surface area (Å²) in [5.74, 6) is 2.94. The number of benzene rings is 2. The molecule has 0 spiro atoms. The summed E-state index contributed by atoms with van der Waals surface area (Å²) in [5, 5.41) is 8.74. The van der Waals surface area contributed by atoms with Gasteiger partial charge in [-0.1, -0.05) is 11.6 Å². The minimum atomic E-state index is -0.302. The van der Waals surface area contributed by atoms with Crippen LogP contribution in [0.4, 0.5) is 11.4 Å². The van der Waals surface area contributed by atoms with E-state index in [-0.39, 0.29) is 18.3 Å². The van der Waals surface area contributed by atoms with Gasteiger partial charge in [-0.15, -0.1) is 0 Å². The molecular formula is C38H44BClN8O4. The van der Waals surface area contributed by atoms with Crippen molar-refractivity contribution in [3.63, 3.8) is 0 Å². The average molecular weight is 723 g/mol. The lowest BCUT2D eigenvalue weighted by Gasteiger charge is -2.32. The first-order chi connectivity index (χ1) is 24.6. The van der Waals surface area contributed by atoms with Gasteiger partial charge in [0.2, 0.25) is 0 Å². The van der Waals surface area contributed by atoms with Crippen molar-refractivity contribution in [2.75, 3.05) is 11.5 Å². The quantitative estimate of drug-likeness (QED) is 0.102. The molecule has 7 rings (SSSR count). The molecule has 5 heterocycles. The number of rotatable bonds is 6. The van der Waals surface area contributed by atoms with Crippen LogP contribution in [0.2, 0.25) is 5.15 Å². The van der Waals surface area contributed by atoms with E-state index in [0.717, 1.165) is 45.1 Å². The van der Waals surface area contributed by atoms with Gasteiger partial charge in [-0.2, -0.15) is 10.2 Å². The normalized spacial score (nSPS) is 14.1. The first kappa shape index (κ1) is 37.9. The summed E-state index contributed by atoms with van der Waals surface area (Å²) in [6, 6.07) is 18.1. The number of hydrogen-bond donors (Lipinski definition) is 2. The molecule has 0 aliphatic carbocycles. The molecule has 1 saturated heterocycles. The van der Waals surface area contributed by atoms with E-state index >= 15 is 0 Å². The second kappa shape index (κ2) is 15.9. The molecule has 4 N–H and O–H groups in total. The zero-order valence-corrected chi connectivity index (χ0v) is 31.4. The number of hydrogen-bond acceptors (Lipinski definition) is 10. The van der Waals surface area contributed by atoms with E-state index in [9.17, 15) is 0 Å². The Balaban J connectivity index is 0.000000154. The minimum absolute atomic E-state index is 0.284. The van der Waals surface area contributed by atoms with Crippen LogP contribution in [0, 0.1) is 13.8 Å². The Kier molecular flexibility index (Phi) is 11.6. The van der Waals surface area contributed by atoms with Gasteiger partial charge in [-0.3, -0.25) is 14.3 Å². The van der Waals surface area contributed by atoms with Crippen molar-refractivity contribution in [2.24, 2.45) is 14.1 Å². The molecule has 0 unspecified atom stereocenters. The highest BCUT2D eigenvalue weighted by atomic mass is 35.5. The molecule has 6 aromatic rings. The summed E-state index contributed by atoms with van der Waals surface area (Å²) in [5.41, 5.74) is 16.7. The molecule has 0 atom stereocenters. The molecule has 0 radical (unpaired) electrons. The third-order valence-corrected chi connectivity index (χ3v) is 9.07. The monoisotopic (exact) mass is 722 g/mol. The number of aryl methyl sites for hydroxylation is 2. The minimum Gasteiger partial charge on any atom is -0.457 e. The number of pyridine rings is 2. The van der Waals surface area contributed by atoms with Gasteiger partial charge in [0.15, 0.2) is 0 Å². The summed E-state index contributed by atoms with van der Waals surface area (Å²) in [7, 11) is 3.46. The highest BCUT2D eigenvalue weighted by Gasteiger charge is 2.52. The first-order valence-electron chi connectivity index (χ1n) is 16.6. The lowest BCUT2D eigenvalue weighted by Crippen LogP contribution is -2.41. The van der Waals surface area contributed by atoms with Crippen molar-refractivity contribution in [1.82, 2.24) is 29.5 Å². The second-order valence-electron chi connectivity index (χ2n) is 13.3. The molecule has 52 heavy (non-hydrogen) atoms. The molecule has 2 aromatic carbocycles. The van der Waals surface area contributed by atoms with Crippen LogP contribution in [0.1, 0.15) is 38.8 Å². The summed E-state index contributed by atoms with van der Waals surface area (Å²) < 4.78 is 26.9. The zero-order valence-electron chi connectivity index (χ0n) is 30.7. The molecule has 0 amide bonds. The predicted molar refractivity (Wildman–Crippen MR) is 206 cm³/mol. The van der Waals surface area contributed by atoms with E-state index in [1.165, 1.54) is 0 Å². The summed E-state index contributed by atoms with van der Waals surface area (Å²) in [4.78, 5) is 8.39. The van der Waals surface area contributed by atoms with Crippen LogP contribution in [0.5, 0.6) is 23.0 Å². The highest BCUT2D eigenvalue weighted by Crippen LogP contribution is 2.36. The molecule has 1 aliphatic rings. The van der Waals surface area contributed by atoms with Crippen molar-refractivity contribution in [2.45, 2.75) is 52.7 Å². The van der Waals surface area contributed by atoms with Crippen molar-refractivity contribution in [3.8, 4) is 34.3 Å². The molecule has 1 aliphatic heterocycles. The van der Waals surface area contributed by atoms with Crippen LogP contribution < -0.4 is 26.4 Å². The maximum Gasteiger partial charge on any atom is 0.498 e. The van der Waals surface area contributed by atoms with Gasteiger partial charge in [-0.25, -0.2) is 4.98 Å². The molecule has 0 saturated carbocycles. The Morgan fingerprint density at radius 2 is 1.15 bits per heavy atom. The van der Waals surface area contributed by atoms with E-state index < -0.39 is 0 Å². The Bertz CT molecular complexity index is 2080. The predicted octanol–water partition coefficient (Wildman–Crippen LogP) is 7.30. The number of nitrogens with two attached hydrogens (primary N) is 2. The van der Waals surface area contributed by atoms with Crippen molar-refractivity contribution in [3.05, 3.63) is 114 Å². The summed E-state index contributed by atoms with van der Waals surface area (Å²) in [6.45, 7) is 12.0.